The fourth-order valence-electron chi connectivity index (χ4n) is 4.19. The number of carbonyl (C=O) groups excluding carboxylic acids is 1. The van der Waals surface area contributed by atoms with Gasteiger partial charge in [0.25, 0.3) is 0 Å². The standard InChI is InChI=1S/C23H31N3O5/c1-2-19-6-3-4-10-26(19)11-5-9-24-23(27)15-28-14-18-13-21(31-25-18)17-7-8-20-22(12-17)30-16-29-20/h7-8,12-13,19H,2-6,9-11,14-16H2,1H3,(H,24,27). The molecule has 1 saturated heterocycles. The number of amides is 1. The van der Waals surface area contributed by atoms with Gasteiger partial charge in [-0.05, 0) is 50.4 Å². The summed E-state index contributed by atoms with van der Waals surface area (Å²) < 4.78 is 21.6. The first-order valence-electron chi connectivity index (χ1n) is 11.2. The number of aromatic nitrogens is 1. The zero-order valence-corrected chi connectivity index (χ0v) is 18.1. The van der Waals surface area contributed by atoms with Crippen LogP contribution in [0.1, 0.15) is 44.7 Å². The summed E-state index contributed by atoms with van der Waals surface area (Å²) >= 11 is 0. The second-order valence-electron chi connectivity index (χ2n) is 8.04. The van der Waals surface area contributed by atoms with E-state index in [9.17, 15) is 4.79 Å². The van der Waals surface area contributed by atoms with Gasteiger partial charge in [-0.2, -0.15) is 0 Å². The normalized spacial score (nSPS) is 18.3. The van der Waals surface area contributed by atoms with Gasteiger partial charge in [-0.3, -0.25) is 4.79 Å². The van der Waals surface area contributed by atoms with Crippen molar-refractivity contribution in [2.75, 3.05) is 33.0 Å². The molecule has 0 radical (unpaired) electrons. The molecule has 2 aliphatic rings. The Kier molecular flexibility index (Phi) is 7.43. The number of nitrogens with zero attached hydrogens (tertiary/aromatic N) is 2. The van der Waals surface area contributed by atoms with E-state index in [0.29, 0.717) is 29.8 Å². The summed E-state index contributed by atoms with van der Waals surface area (Å²) in [7, 11) is 0. The molecule has 1 N–H and O–H groups in total. The SMILES string of the molecule is CCC1CCCCN1CCCNC(=O)COCc1cc(-c2ccc3c(c2)OCO3)on1. The number of nitrogens with one attached hydrogen (secondary N) is 1. The highest BCUT2D eigenvalue weighted by atomic mass is 16.7. The molecule has 31 heavy (non-hydrogen) atoms. The molecule has 1 aromatic heterocycles. The molecule has 1 unspecified atom stereocenters. The van der Waals surface area contributed by atoms with Gasteiger partial charge in [0.15, 0.2) is 17.3 Å². The average Bonchev–Trinajstić information content (AvgIpc) is 3.46. The second kappa shape index (κ2) is 10.6. The van der Waals surface area contributed by atoms with Crippen molar-refractivity contribution in [3.63, 3.8) is 0 Å². The smallest absolute Gasteiger partial charge is 0.246 e. The lowest BCUT2D eigenvalue weighted by Gasteiger charge is -2.35. The molecular weight excluding hydrogens is 398 g/mol. The summed E-state index contributed by atoms with van der Waals surface area (Å²) in [5.74, 6) is 1.92. The summed E-state index contributed by atoms with van der Waals surface area (Å²) in [5.41, 5.74) is 1.48. The van der Waals surface area contributed by atoms with Gasteiger partial charge in [-0.1, -0.05) is 18.5 Å². The molecular formula is C23H31N3O5. The molecule has 2 aliphatic heterocycles. The van der Waals surface area contributed by atoms with E-state index in [1.807, 2.05) is 18.2 Å². The fourth-order valence-corrected chi connectivity index (χ4v) is 4.19. The van der Waals surface area contributed by atoms with Crippen molar-refractivity contribution in [1.29, 1.82) is 0 Å². The molecule has 3 heterocycles. The third-order valence-electron chi connectivity index (χ3n) is 5.86. The van der Waals surface area contributed by atoms with E-state index in [4.69, 9.17) is 18.7 Å². The predicted octanol–water partition coefficient (Wildman–Crippen LogP) is 3.36. The van der Waals surface area contributed by atoms with Crippen molar-refractivity contribution in [2.45, 2.75) is 51.7 Å². The molecule has 4 rings (SSSR count). The van der Waals surface area contributed by atoms with E-state index in [2.05, 4.69) is 22.3 Å². The van der Waals surface area contributed by atoms with Crippen molar-refractivity contribution in [1.82, 2.24) is 15.4 Å². The van der Waals surface area contributed by atoms with Crippen molar-refractivity contribution in [3.8, 4) is 22.8 Å². The van der Waals surface area contributed by atoms with Gasteiger partial charge in [0, 0.05) is 30.8 Å². The van der Waals surface area contributed by atoms with Crippen molar-refractivity contribution in [2.24, 2.45) is 0 Å². The summed E-state index contributed by atoms with van der Waals surface area (Å²) in [6, 6.07) is 8.09. The maximum atomic E-state index is 12.0. The van der Waals surface area contributed by atoms with Crippen LogP contribution in [0.25, 0.3) is 11.3 Å². The van der Waals surface area contributed by atoms with Gasteiger partial charge in [-0.15, -0.1) is 0 Å². The van der Waals surface area contributed by atoms with Gasteiger partial charge in [0.1, 0.15) is 12.3 Å². The Labute approximate surface area is 182 Å². The first-order valence-corrected chi connectivity index (χ1v) is 11.2. The summed E-state index contributed by atoms with van der Waals surface area (Å²) in [6.07, 6.45) is 6.10. The molecule has 8 nitrogen and oxygen atoms in total. The Morgan fingerprint density at radius 1 is 1.26 bits per heavy atom. The number of benzene rings is 1. The van der Waals surface area contributed by atoms with E-state index in [0.717, 1.165) is 24.3 Å². The molecule has 1 atom stereocenters. The quantitative estimate of drug-likeness (QED) is 0.580. The predicted molar refractivity (Wildman–Crippen MR) is 115 cm³/mol. The van der Waals surface area contributed by atoms with Crippen LogP contribution >= 0.6 is 0 Å². The van der Waals surface area contributed by atoms with Crippen LogP contribution in [0.3, 0.4) is 0 Å². The maximum Gasteiger partial charge on any atom is 0.246 e. The van der Waals surface area contributed by atoms with E-state index >= 15 is 0 Å². The van der Waals surface area contributed by atoms with Crippen LogP contribution in [-0.4, -0.2) is 55.0 Å². The lowest BCUT2D eigenvalue weighted by molar-refractivity contribution is -0.126. The molecule has 0 aliphatic carbocycles. The summed E-state index contributed by atoms with van der Waals surface area (Å²) in [4.78, 5) is 14.6. The topological polar surface area (TPSA) is 86.1 Å². The number of piperidine rings is 1. The van der Waals surface area contributed by atoms with Crippen LogP contribution in [0.5, 0.6) is 11.5 Å². The number of rotatable bonds is 10. The zero-order valence-electron chi connectivity index (χ0n) is 18.1. The van der Waals surface area contributed by atoms with Crippen LogP contribution in [-0.2, 0) is 16.1 Å². The third-order valence-corrected chi connectivity index (χ3v) is 5.86. The molecule has 1 amide bonds. The molecule has 2 aromatic rings. The van der Waals surface area contributed by atoms with Crippen LogP contribution in [0.2, 0.25) is 0 Å². The highest BCUT2D eigenvalue weighted by molar-refractivity contribution is 5.77. The van der Waals surface area contributed by atoms with Gasteiger partial charge in [-0.25, -0.2) is 0 Å². The first-order chi connectivity index (χ1) is 15.2. The minimum absolute atomic E-state index is 0.00746. The Morgan fingerprint density at radius 3 is 3.06 bits per heavy atom. The summed E-state index contributed by atoms with van der Waals surface area (Å²) in [5, 5.41) is 6.95. The molecule has 1 fully saturated rings. The molecule has 1 aromatic carbocycles. The summed E-state index contributed by atoms with van der Waals surface area (Å²) in [6.45, 7) is 5.61. The van der Waals surface area contributed by atoms with E-state index < -0.39 is 0 Å². The number of fused-ring (bicyclic) bond motifs is 1. The average molecular weight is 430 g/mol. The lowest BCUT2D eigenvalue weighted by Crippen LogP contribution is -2.40. The van der Waals surface area contributed by atoms with Crippen LogP contribution in [0.15, 0.2) is 28.8 Å². The first kappa shape index (κ1) is 21.6. The molecule has 0 spiro atoms. The van der Waals surface area contributed by atoms with E-state index in [-0.39, 0.29) is 25.9 Å². The zero-order chi connectivity index (χ0) is 21.5. The van der Waals surface area contributed by atoms with E-state index in [1.54, 1.807) is 6.07 Å². The minimum atomic E-state index is -0.106. The van der Waals surface area contributed by atoms with Crippen LogP contribution in [0, 0.1) is 0 Å². The highest BCUT2D eigenvalue weighted by Crippen LogP contribution is 2.36. The monoisotopic (exact) mass is 429 g/mol. The van der Waals surface area contributed by atoms with Crippen molar-refractivity contribution < 1.29 is 23.5 Å². The lowest BCUT2D eigenvalue weighted by atomic mass is 10.00. The van der Waals surface area contributed by atoms with Gasteiger partial charge in [0.05, 0.1) is 6.61 Å². The Bertz CT molecular complexity index is 869. The van der Waals surface area contributed by atoms with Gasteiger partial charge in [0.2, 0.25) is 12.7 Å². The van der Waals surface area contributed by atoms with Crippen LogP contribution < -0.4 is 14.8 Å². The van der Waals surface area contributed by atoms with Gasteiger partial charge >= 0.3 is 0 Å². The maximum absolute atomic E-state index is 12.0. The molecule has 8 heteroatoms. The highest BCUT2D eigenvalue weighted by Gasteiger charge is 2.20. The Hall–Kier alpha value is -2.58. The molecule has 0 saturated carbocycles. The Morgan fingerprint density at radius 2 is 2.16 bits per heavy atom. The third kappa shape index (κ3) is 5.77. The number of hydrogen-bond donors (Lipinski definition) is 1. The second-order valence-corrected chi connectivity index (χ2v) is 8.04. The van der Waals surface area contributed by atoms with Crippen molar-refractivity contribution in [3.05, 3.63) is 30.0 Å². The number of hydrogen-bond acceptors (Lipinski definition) is 7. The minimum Gasteiger partial charge on any atom is -0.454 e. The van der Waals surface area contributed by atoms with E-state index in [1.165, 1.54) is 32.2 Å². The van der Waals surface area contributed by atoms with Crippen molar-refractivity contribution >= 4 is 5.91 Å². The number of likely N-dealkylation sites (tertiary alicyclic amines) is 1. The molecule has 0 bridgehead atoms. The molecule has 168 valence electrons. The number of carbonyl (C=O) groups is 1. The Balaban J connectivity index is 1.13. The largest absolute Gasteiger partial charge is 0.454 e. The van der Waals surface area contributed by atoms with Gasteiger partial charge < -0.3 is 29.0 Å². The number of ether oxygens (including phenoxy) is 3. The van der Waals surface area contributed by atoms with Crippen LogP contribution in [0.4, 0.5) is 0 Å². The fraction of sp³-hybridized carbons (Fsp3) is 0.565.